The fourth-order valence-corrected chi connectivity index (χ4v) is 2.15. The zero-order valence-electron chi connectivity index (χ0n) is 12.2. The molecule has 1 atom stereocenters. The Hall–Kier alpha value is -1.75. The minimum Gasteiger partial charge on any atom is -0.320 e. The van der Waals surface area contributed by atoms with Gasteiger partial charge >= 0.3 is 0 Å². The van der Waals surface area contributed by atoms with E-state index in [1.54, 1.807) is 6.07 Å². The second-order valence-corrected chi connectivity index (χ2v) is 5.43. The van der Waals surface area contributed by atoms with Gasteiger partial charge in [-0.3, -0.25) is 9.67 Å². The SMILES string of the molecule is CCC(N)(Cc1ccn(C(C)C)n1)c1ccc(F)cn1. The van der Waals surface area contributed by atoms with Crippen molar-refractivity contribution in [1.82, 2.24) is 14.8 Å². The highest BCUT2D eigenvalue weighted by atomic mass is 19.1. The molecule has 4 nitrogen and oxygen atoms in total. The Morgan fingerprint density at radius 1 is 1.35 bits per heavy atom. The maximum Gasteiger partial charge on any atom is 0.141 e. The zero-order valence-corrected chi connectivity index (χ0v) is 12.2. The van der Waals surface area contributed by atoms with Gasteiger partial charge in [0.1, 0.15) is 5.82 Å². The maximum atomic E-state index is 13.0. The molecule has 0 saturated carbocycles. The minimum absolute atomic E-state index is 0.321. The van der Waals surface area contributed by atoms with Gasteiger partial charge in [-0.15, -0.1) is 0 Å². The fourth-order valence-electron chi connectivity index (χ4n) is 2.15. The molecule has 0 aliphatic heterocycles. The Bertz CT molecular complexity index is 562. The maximum absolute atomic E-state index is 13.0. The number of rotatable bonds is 5. The van der Waals surface area contributed by atoms with E-state index in [1.807, 2.05) is 23.9 Å². The van der Waals surface area contributed by atoms with Crippen LogP contribution in [0.3, 0.4) is 0 Å². The number of aromatic nitrogens is 3. The Labute approximate surface area is 118 Å². The van der Waals surface area contributed by atoms with Gasteiger partial charge in [-0.1, -0.05) is 6.92 Å². The molecule has 0 fully saturated rings. The molecule has 2 rings (SSSR count). The highest BCUT2D eigenvalue weighted by Crippen LogP contribution is 2.24. The summed E-state index contributed by atoms with van der Waals surface area (Å²) in [5, 5.41) is 4.52. The van der Waals surface area contributed by atoms with Gasteiger partial charge in [0.15, 0.2) is 0 Å². The van der Waals surface area contributed by atoms with Gasteiger partial charge in [-0.05, 0) is 38.5 Å². The number of hydrogen-bond donors (Lipinski definition) is 1. The first-order chi connectivity index (χ1) is 9.44. The Morgan fingerprint density at radius 2 is 2.10 bits per heavy atom. The standard InChI is InChI=1S/C15H21FN4/c1-4-15(17,14-6-5-12(16)10-18-14)9-13-7-8-20(19-13)11(2)3/h5-8,10-11H,4,9,17H2,1-3H3. The lowest BCUT2D eigenvalue weighted by Crippen LogP contribution is -2.39. The normalized spacial score (nSPS) is 14.5. The van der Waals surface area contributed by atoms with Crippen molar-refractivity contribution < 1.29 is 4.39 Å². The van der Waals surface area contributed by atoms with Gasteiger partial charge in [-0.2, -0.15) is 5.10 Å². The molecular formula is C15H21FN4. The molecule has 1 unspecified atom stereocenters. The topological polar surface area (TPSA) is 56.7 Å². The zero-order chi connectivity index (χ0) is 14.8. The van der Waals surface area contributed by atoms with Crippen LogP contribution < -0.4 is 5.73 Å². The van der Waals surface area contributed by atoms with Crippen LogP contribution in [0.2, 0.25) is 0 Å². The van der Waals surface area contributed by atoms with Crippen LogP contribution in [0, 0.1) is 5.82 Å². The van der Waals surface area contributed by atoms with Crippen molar-refractivity contribution in [2.45, 2.75) is 45.2 Å². The summed E-state index contributed by atoms with van der Waals surface area (Å²) in [6.07, 6.45) is 4.45. The molecule has 0 aliphatic rings. The number of nitrogens with zero attached hydrogens (tertiary/aromatic N) is 3. The number of pyridine rings is 1. The molecule has 0 aromatic carbocycles. The second kappa shape index (κ2) is 5.71. The smallest absolute Gasteiger partial charge is 0.141 e. The van der Waals surface area contributed by atoms with E-state index in [0.29, 0.717) is 24.6 Å². The minimum atomic E-state index is -0.621. The summed E-state index contributed by atoms with van der Waals surface area (Å²) in [7, 11) is 0. The lowest BCUT2D eigenvalue weighted by atomic mass is 9.87. The summed E-state index contributed by atoms with van der Waals surface area (Å²) in [4.78, 5) is 4.12. The van der Waals surface area contributed by atoms with Gasteiger partial charge < -0.3 is 5.73 Å². The van der Waals surface area contributed by atoms with E-state index >= 15 is 0 Å². The fraction of sp³-hybridized carbons (Fsp3) is 0.467. The molecule has 2 heterocycles. The van der Waals surface area contributed by atoms with E-state index in [1.165, 1.54) is 12.3 Å². The van der Waals surface area contributed by atoms with Crippen LogP contribution in [0.5, 0.6) is 0 Å². The molecule has 0 saturated heterocycles. The van der Waals surface area contributed by atoms with Gasteiger partial charge in [0.25, 0.3) is 0 Å². The summed E-state index contributed by atoms with van der Waals surface area (Å²) in [6, 6.07) is 5.34. The third kappa shape index (κ3) is 3.04. The van der Waals surface area contributed by atoms with Crippen molar-refractivity contribution in [3.63, 3.8) is 0 Å². The van der Waals surface area contributed by atoms with E-state index in [9.17, 15) is 4.39 Å². The molecule has 0 bridgehead atoms. The Morgan fingerprint density at radius 3 is 2.60 bits per heavy atom. The van der Waals surface area contributed by atoms with E-state index < -0.39 is 5.54 Å². The van der Waals surface area contributed by atoms with Crippen LogP contribution in [0.1, 0.15) is 44.6 Å². The van der Waals surface area contributed by atoms with Gasteiger partial charge in [0.05, 0.1) is 23.1 Å². The van der Waals surface area contributed by atoms with Gasteiger partial charge in [0, 0.05) is 18.7 Å². The second-order valence-electron chi connectivity index (χ2n) is 5.43. The third-order valence-corrected chi connectivity index (χ3v) is 3.56. The van der Waals surface area contributed by atoms with Crippen LogP contribution in [0.15, 0.2) is 30.6 Å². The highest BCUT2D eigenvalue weighted by molar-refractivity contribution is 5.19. The predicted molar refractivity (Wildman–Crippen MR) is 76.7 cm³/mol. The summed E-state index contributed by atoms with van der Waals surface area (Å²) >= 11 is 0. The molecule has 2 aromatic rings. The molecule has 20 heavy (non-hydrogen) atoms. The monoisotopic (exact) mass is 276 g/mol. The van der Waals surface area contributed by atoms with Crippen molar-refractivity contribution >= 4 is 0 Å². The van der Waals surface area contributed by atoms with E-state index in [-0.39, 0.29) is 5.82 Å². The predicted octanol–water partition coefficient (Wildman–Crippen LogP) is 2.80. The van der Waals surface area contributed by atoms with Crippen LogP contribution >= 0.6 is 0 Å². The van der Waals surface area contributed by atoms with Gasteiger partial charge in [-0.25, -0.2) is 4.39 Å². The molecule has 2 N–H and O–H groups in total. The first kappa shape index (κ1) is 14.7. The molecule has 0 radical (unpaired) electrons. The van der Waals surface area contributed by atoms with Crippen LogP contribution in [-0.4, -0.2) is 14.8 Å². The summed E-state index contributed by atoms with van der Waals surface area (Å²) in [5.41, 5.74) is 7.45. The largest absolute Gasteiger partial charge is 0.320 e. The van der Waals surface area contributed by atoms with Crippen molar-refractivity contribution in [2.24, 2.45) is 5.73 Å². The first-order valence-corrected chi connectivity index (χ1v) is 6.89. The van der Waals surface area contributed by atoms with E-state index in [4.69, 9.17) is 5.73 Å². The quantitative estimate of drug-likeness (QED) is 0.913. The Kier molecular flexibility index (Phi) is 4.18. The van der Waals surface area contributed by atoms with E-state index in [0.717, 1.165) is 5.69 Å². The van der Waals surface area contributed by atoms with Crippen molar-refractivity contribution in [2.75, 3.05) is 0 Å². The van der Waals surface area contributed by atoms with E-state index in [2.05, 4.69) is 23.9 Å². The molecule has 0 amide bonds. The number of hydrogen-bond acceptors (Lipinski definition) is 3. The summed E-state index contributed by atoms with van der Waals surface area (Å²) < 4.78 is 14.9. The summed E-state index contributed by atoms with van der Waals surface area (Å²) in [6.45, 7) is 6.16. The highest BCUT2D eigenvalue weighted by Gasteiger charge is 2.28. The molecule has 108 valence electrons. The number of halogens is 1. The lowest BCUT2D eigenvalue weighted by molar-refractivity contribution is 0.401. The van der Waals surface area contributed by atoms with Crippen molar-refractivity contribution in [1.29, 1.82) is 0 Å². The summed E-state index contributed by atoms with van der Waals surface area (Å²) in [5.74, 6) is -0.351. The third-order valence-electron chi connectivity index (χ3n) is 3.56. The average molecular weight is 276 g/mol. The van der Waals surface area contributed by atoms with Crippen LogP contribution in [0.25, 0.3) is 0 Å². The van der Waals surface area contributed by atoms with Crippen LogP contribution in [0.4, 0.5) is 4.39 Å². The van der Waals surface area contributed by atoms with Gasteiger partial charge in [0.2, 0.25) is 0 Å². The van der Waals surface area contributed by atoms with Crippen molar-refractivity contribution in [3.05, 3.63) is 47.8 Å². The molecule has 5 heteroatoms. The molecular weight excluding hydrogens is 255 g/mol. The molecule has 2 aromatic heterocycles. The van der Waals surface area contributed by atoms with Crippen molar-refractivity contribution in [3.8, 4) is 0 Å². The van der Waals surface area contributed by atoms with Crippen LogP contribution in [-0.2, 0) is 12.0 Å². The number of nitrogens with two attached hydrogens (primary N) is 1. The molecule has 0 aliphatic carbocycles. The average Bonchev–Trinajstić information content (AvgIpc) is 2.88. The molecule has 0 spiro atoms. The first-order valence-electron chi connectivity index (χ1n) is 6.89. The lowest BCUT2D eigenvalue weighted by Gasteiger charge is -2.26. The Balaban J connectivity index is 2.24.